The van der Waals surface area contributed by atoms with Gasteiger partial charge in [-0.2, -0.15) is 11.8 Å². The van der Waals surface area contributed by atoms with Crippen LogP contribution in [0, 0.1) is 5.92 Å². The van der Waals surface area contributed by atoms with Gasteiger partial charge in [-0.25, -0.2) is 4.79 Å². The first-order valence-corrected chi connectivity index (χ1v) is 11.9. The van der Waals surface area contributed by atoms with E-state index in [1.165, 1.54) is 76.2 Å². The molecule has 0 bridgehead atoms. The Hall–Kier alpha value is -0.460. The van der Waals surface area contributed by atoms with Gasteiger partial charge in [-0.1, -0.05) is 19.8 Å². The standard InChI is InChI=1S/C20H38N4OS/c1-18-6-4-10-23(16-18)11-5-9-21-19(25)22-17-20(7-2-3-8-20)24-12-14-26-15-13-24/h18H,2-17H2,1H3,(H2,21,22,25). The first-order valence-electron chi connectivity index (χ1n) is 10.7. The van der Waals surface area contributed by atoms with E-state index in [1.807, 2.05) is 0 Å². The van der Waals surface area contributed by atoms with E-state index in [4.69, 9.17) is 0 Å². The molecule has 0 aromatic rings. The van der Waals surface area contributed by atoms with Crippen molar-refractivity contribution < 1.29 is 4.79 Å². The summed E-state index contributed by atoms with van der Waals surface area (Å²) in [7, 11) is 0. The predicted molar refractivity (Wildman–Crippen MR) is 111 cm³/mol. The van der Waals surface area contributed by atoms with Crippen molar-refractivity contribution in [3.05, 3.63) is 0 Å². The van der Waals surface area contributed by atoms with Crippen molar-refractivity contribution in [1.82, 2.24) is 20.4 Å². The third-order valence-corrected chi connectivity index (χ3v) is 7.41. The number of hydrogen-bond donors (Lipinski definition) is 2. The van der Waals surface area contributed by atoms with Crippen molar-refractivity contribution in [3.8, 4) is 0 Å². The lowest BCUT2D eigenvalue weighted by Crippen LogP contribution is -2.57. The molecule has 3 aliphatic rings. The van der Waals surface area contributed by atoms with Crippen LogP contribution in [0.4, 0.5) is 4.79 Å². The summed E-state index contributed by atoms with van der Waals surface area (Å²) in [5.41, 5.74) is 0.224. The first-order chi connectivity index (χ1) is 12.7. The Morgan fingerprint density at radius 3 is 2.62 bits per heavy atom. The summed E-state index contributed by atoms with van der Waals surface area (Å²) in [6, 6.07) is 0.0228. The first kappa shape index (κ1) is 20.3. The van der Waals surface area contributed by atoms with Crippen LogP contribution < -0.4 is 10.6 Å². The number of piperidine rings is 1. The molecule has 2 N–H and O–H groups in total. The second-order valence-electron chi connectivity index (χ2n) is 8.54. The van der Waals surface area contributed by atoms with Crippen molar-refractivity contribution in [2.45, 2.75) is 57.4 Å². The molecule has 2 saturated heterocycles. The zero-order chi connectivity index (χ0) is 18.2. The lowest BCUT2D eigenvalue weighted by atomic mass is 9.94. The Balaban J connectivity index is 1.33. The molecule has 3 rings (SSSR count). The van der Waals surface area contributed by atoms with Crippen LogP contribution in [0.2, 0.25) is 0 Å². The monoisotopic (exact) mass is 382 g/mol. The van der Waals surface area contributed by atoms with Crippen LogP contribution in [-0.4, -0.2) is 78.7 Å². The number of likely N-dealkylation sites (tertiary alicyclic amines) is 1. The molecule has 0 radical (unpaired) electrons. The molecule has 2 aliphatic heterocycles. The molecule has 2 amide bonds. The topological polar surface area (TPSA) is 47.6 Å². The van der Waals surface area contributed by atoms with Crippen molar-refractivity contribution in [1.29, 1.82) is 0 Å². The van der Waals surface area contributed by atoms with Crippen LogP contribution >= 0.6 is 11.8 Å². The minimum Gasteiger partial charge on any atom is -0.338 e. The number of nitrogens with one attached hydrogen (secondary N) is 2. The van der Waals surface area contributed by atoms with Crippen molar-refractivity contribution in [2.75, 3.05) is 57.3 Å². The average molecular weight is 383 g/mol. The lowest BCUT2D eigenvalue weighted by Gasteiger charge is -2.43. The minimum atomic E-state index is 0.0228. The normalized spacial score (nSPS) is 27.3. The van der Waals surface area contributed by atoms with Gasteiger partial charge in [-0.3, -0.25) is 4.90 Å². The van der Waals surface area contributed by atoms with E-state index < -0.39 is 0 Å². The summed E-state index contributed by atoms with van der Waals surface area (Å²) in [4.78, 5) is 17.5. The largest absolute Gasteiger partial charge is 0.338 e. The van der Waals surface area contributed by atoms with E-state index in [-0.39, 0.29) is 11.6 Å². The molecule has 6 heteroatoms. The molecule has 0 aromatic carbocycles. The number of amides is 2. The molecule has 1 aliphatic carbocycles. The van der Waals surface area contributed by atoms with Crippen LogP contribution in [0.3, 0.4) is 0 Å². The van der Waals surface area contributed by atoms with Gasteiger partial charge in [0.05, 0.1) is 0 Å². The van der Waals surface area contributed by atoms with E-state index in [0.29, 0.717) is 0 Å². The fraction of sp³-hybridized carbons (Fsp3) is 0.950. The molecular formula is C20H38N4OS. The van der Waals surface area contributed by atoms with E-state index in [0.717, 1.165) is 32.0 Å². The van der Waals surface area contributed by atoms with Gasteiger partial charge in [-0.05, 0) is 51.1 Å². The van der Waals surface area contributed by atoms with Gasteiger partial charge in [0.25, 0.3) is 0 Å². The Bertz CT molecular complexity index is 436. The van der Waals surface area contributed by atoms with Gasteiger partial charge in [0.2, 0.25) is 0 Å². The number of carbonyl (C=O) groups is 1. The van der Waals surface area contributed by atoms with Crippen molar-refractivity contribution >= 4 is 17.8 Å². The lowest BCUT2D eigenvalue weighted by molar-refractivity contribution is 0.104. The summed E-state index contributed by atoms with van der Waals surface area (Å²) < 4.78 is 0. The molecule has 1 saturated carbocycles. The maximum absolute atomic E-state index is 12.3. The van der Waals surface area contributed by atoms with Crippen LogP contribution in [0.15, 0.2) is 0 Å². The summed E-state index contributed by atoms with van der Waals surface area (Å²) in [5, 5.41) is 6.27. The van der Waals surface area contributed by atoms with Gasteiger partial charge in [0.15, 0.2) is 0 Å². The number of rotatable bonds is 7. The van der Waals surface area contributed by atoms with Gasteiger partial charge in [0.1, 0.15) is 0 Å². The van der Waals surface area contributed by atoms with Gasteiger partial charge in [-0.15, -0.1) is 0 Å². The highest BCUT2D eigenvalue weighted by Gasteiger charge is 2.40. The highest BCUT2D eigenvalue weighted by Crippen LogP contribution is 2.36. The molecule has 3 fully saturated rings. The van der Waals surface area contributed by atoms with Gasteiger partial charge < -0.3 is 15.5 Å². The zero-order valence-corrected chi connectivity index (χ0v) is 17.4. The third kappa shape index (κ3) is 5.77. The summed E-state index contributed by atoms with van der Waals surface area (Å²) >= 11 is 2.06. The number of nitrogens with zero attached hydrogens (tertiary/aromatic N) is 2. The van der Waals surface area contributed by atoms with Crippen LogP contribution in [-0.2, 0) is 0 Å². The van der Waals surface area contributed by atoms with Gasteiger partial charge >= 0.3 is 6.03 Å². The SMILES string of the molecule is CC1CCCN(CCCNC(=O)NCC2(N3CCSCC3)CCCC2)C1. The minimum absolute atomic E-state index is 0.0228. The second-order valence-corrected chi connectivity index (χ2v) is 9.77. The maximum Gasteiger partial charge on any atom is 0.314 e. The third-order valence-electron chi connectivity index (χ3n) is 6.47. The van der Waals surface area contributed by atoms with Gasteiger partial charge in [0, 0.05) is 49.8 Å². The Labute approximate surface area is 164 Å². The highest BCUT2D eigenvalue weighted by molar-refractivity contribution is 7.99. The van der Waals surface area contributed by atoms with Crippen LogP contribution in [0.5, 0.6) is 0 Å². The molecule has 0 spiro atoms. The van der Waals surface area contributed by atoms with E-state index >= 15 is 0 Å². The summed E-state index contributed by atoms with van der Waals surface area (Å²) in [6.45, 7) is 9.87. The number of carbonyl (C=O) groups excluding carboxylic acids is 1. The maximum atomic E-state index is 12.3. The Morgan fingerprint density at radius 1 is 1.12 bits per heavy atom. The van der Waals surface area contributed by atoms with E-state index in [9.17, 15) is 4.79 Å². The molecule has 150 valence electrons. The van der Waals surface area contributed by atoms with E-state index in [2.05, 4.69) is 39.1 Å². The Kier molecular flexibility index (Phi) is 7.94. The fourth-order valence-electron chi connectivity index (χ4n) is 4.98. The molecule has 2 heterocycles. The van der Waals surface area contributed by atoms with Crippen LogP contribution in [0.25, 0.3) is 0 Å². The smallest absolute Gasteiger partial charge is 0.314 e. The predicted octanol–water partition coefficient (Wildman–Crippen LogP) is 2.77. The average Bonchev–Trinajstić information content (AvgIpc) is 3.15. The number of urea groups is 1. The summed E-state index contributed by atoms with van der Waals surface area (Å²) in [5.74, 6) is 3.31. The quantitative estimate of drug-likeness (QED) is 0.665. The number of thioether (sulfide) groups is 1. The van der Waals surface area contributed by atoms with Crippen molar-refractivity contribution in [2.24, 2.45) is 5.92 Å². The molecule has 0 aromatic heterocycles. The molecule has 1 unspecified atom stereocenters. The summed E-state index contributed by atoms with van der Waals surface area (Å²) in [6.07, 6.45) is 8.84. The molecule has 5 nitrogen and oxygen atoms in total. The molecule has 26 heavy (non-hydrogen) atoms. The highest BCUT2D eigenvalue weighted by atomic mass is 32.2. The van der Waals surface area contributed by atoms with Crippen molar-refractivity contribution in [3.63, 3.8) is 0 Å². The Morgan fingerprint density at radius 2 is 1.88 bits per heavy atom. The molecule has 1 atom stereocenters. The number of hydrogen-bond acceptors (Lipinski definition) is 4. The zero-order valence-electron chi connectivity index (χ0n) is 16.6. The molecular weight excluding hydrogens is 344 g/mol. The van der Waals surface area contributed by atoms with E-state index in [1.54, 1.807) is 0 Å². The fourth-order valence-corrected chi connectivity index (χ4v) is 5.88. The van der Waals surface area contributed by atoms with Crippen LogP contribution in [0.1, 0.15) is 51.9 Å². The second kappa shape index (κ2) is 10.2.